The molecule has 1 saturated carbocycles. The highest BCUT2D eigenvalue weighted by molar-refractivity contribution is 7.99. The van der Waals surface area contributed by atoms with Gasteiger partial charge in [0, 0.05) is 62.2 Å². The lowest BCUT2D eigenvalue weighted by atomic mass is 9.83. The van der Waals surface area contributed by atoms with E-state index in [-0.39, 0.29) is 11.2 Å². The minimum absolute atomic E-state index is 0.167. The van der Waals surface area contributed by atoms with E-state index in [1.165, 1.54) is 17.1 Å². The van der Waals surface area contributed by atoms with Gasteiger partial charge in [0.15, 0.2) is 9.84 Å². The van der Waals surface area contributed by atoms with Crippen LogP contribution in [0, 0.1) is 5.92 Å². The number of aromatic amines is 1. The second kappa shape index (κ2) is 11.5. The molecule has 0 bridgehead atoms. The van der Waals surface area contributed by atoms with Crippen molar-refractivity contribution in [3.8, 4) is 11.4 Å². The van der Waals surface area contributed by atoms with Crippen molar-refractivity contribution in [3.05, 3.63) is 71.5 Å². The van der Waals surface area contributed by atoms with Crippen molar-refractivity contribution in [2.75, 3.05) is 37.8 Å². The first-order valence-electron chi connectivity index (χ1n) is 13.9. The first-order valence-corrected chi connectivity index (χ1v) is 16.6. The zero-order valence-electron chi connectivity index (χ0n) is 21.8. The zero-order chi connectivity index (χ0) is 26.0. The van der Waals surface area contributed by atoms with E-state index in [1.54, 1.807) is 0 Å². The molecule has 202 valence electrons. The molecular formula is C30H37N3O3S2. The molecule has 0 amide bonds. The van der Waals surface area contributed by atoms with Crippen molar-refractivity contribution < 1.29 is 13.2 Å². The third-order valence-corrected chi connectivity index (χ3v) is 11.4. The third kappa shape index (κ3) is 6.03. The molecule has 4 heterocycles. The molecule has 1 aliphatic carbocycles. The second-order valence-electron chi connectivity index (χ2n) is 10.9. The lowest BCUT2D eigenvalue weighted by Crippen LogP contribution is -2.31. The highest BCUT2D eigenvalue weighted by Crippen LogP contribution is 2.37. The van der Waals surface area contributed by atoms with E-state index in [0.717, 1.165) is 87.6 Å². The molecule has 6 nitrogen and oxygen atoms in total. The first-order chi connectivity index (χ1) is 18.6. The molecule has 1 N–H and O–H groups in total. The molecule has 3 fully saturated rings. The fourth-order valence-corrected chi connectivity index (χ4v) is 8.31. The van der Waals surface area contributed by atoms with Crippen LogP contribution in [0.1, 0.15) is 54.8 Å². The molecule has 1 atom stereocenters. The van der Waals surface area contributed by atoms with Crippen molar-refractivity contribution in [3.63, 3.8) is 0 Å². The van der Waals surface area contributed by atoms with Gasteiger partial charge in [-0.2, -0.15) is 11.8 Å². The minimum atomic E-state index is -3.18. The topological polar surface area (TPSA) is 75.3 Å². The number of sulfone groups is 1. The summed E-state index contributed by atoms with van der Waals surface area (Å²) in [6.45, 7) is 4.89. The summed E-state index contributed by atoms with van der Waals surface area (Å²) in [4.78, 5) is 11.4. The Morgan fingerprint density at radius 2 is 1.74 bits per heavy atom. The van der Waals surface area contributed by atoms with Crippen LogP contribution in [0.15, 0.2) is 59.6 Å². The van der Waals surface area contributed by atoms with Gasteiger partial charge in [-0.3, -0.25) is 9.88 Å². The van der Waals surface area contributed by atoms with Crippen LogP contribution >= 0.6 is 11.8 Å². The number of pyridine rings is 1. The number of benzene rings is 1. The van der Waals surface area contributed by atoms with Crippen LogP contribution in [0.3, 0.4) is 0 Å². The molecule has 1 aromatic carbocycles. The molecule has 2 saturated heterocycles. The fourth-order valence-electron chi connectivity index (χ4n) is 5.68. The van der Waals surface area contributed by atoms with Gasteiger partial charge in [-0.15, -0.1) is 0 Å². The van der Waals surface area contributed by atoms with Crippen LogP contribution in [0.4, 0.5) is 0 Å². The van der Waals surface area contributed by atoms with E-state index in [4.69, 9.17) is 9.72 Å². The molecule has 3 aliphatic rings. The van der Waals surface area contributed by atoms with E-state index >= 15 is 0 Å². The number of hydrogen-bond donors (Lipinski definition) is 1. The quantitative estimate of drug-likeness (QED) is 0.378. The molecule has 8 heteroatoms. The molecule has 0 radical (unpaired) electrons. The largest absolute Gasteiger partial charge is 0.381 e. The Morgan fingerprint density at radius 3 is 2.42 bits per heavy atom. The summed E-state index contributed by atoms with van der Waals surface area (Å²) >= 11 is 2.03. The van der Waals surface area contributed by atoms with Crippen LogP contribution in [-0.4, -0.2) is 66.3 Å². The van der Waals surface area contributed by atoms with E-state index in [0.29, 0.717) is 10.8 Å². The van der Waals surface area contributed by atoms with E-state index in [2.05, 4.69) is 34.1 Å². The molecule has 2 aliphatic heterocycles. The van der Waals surface area contributed by atoms with E-state index < -0.39 is 9.84 Å². The highest BCUT2D eigenvalue weighted by atomic mass is 32.2. The predicted octanol–water partition coefficient (Wildman–Crippen LogP) is 5.51. The Hall–Kier alpha value is -2.13. The average molecular weight is 552 g/mol. The van der Waals surface area contributed by atoms with Crippen molar-refractivity contribution >= 4 is 21.6 Å². The standard InChI is InChI=1S/C30H37N3O3S2/c34-38(35,26-6-7-26)25-4-2-24(3-5-25)27(19-22-11-15-36-16-12-22)28-9-10-30(32-28)29-8-1-23(20-31-29)21-33-13-17-37-18-14-33/h1-5,8-10,20,22,26-27,32H,6-7,11-19,21H2. The Bertz CT molecular complexity index is 1310. The lowest BCUT2D eigenvalue weighted by molar-refractivity contribution is 0.0626. The van der Waals surface area contributed by atoms with Gasteiger partial charge in [-0.05, 0) is 79.5 Å². The number of nitrogens with one attached hydrogen (secondary N) is 1. The second-order valence-corrected chi connectivity index (χ2v) is 14.4. The van der Waals surface area contributed by atoms with Crippen molar-refractivity contribution in [2.24, 2.45) is 5.92 Å². The Morgan fingerprint density at radius 1 is 0.974 bits per heavy atom. The van der Waals surface area contributed by atoms with E-state index in [9.17, 15) is 8.42 Å². The number of hydrogen-bond acceptors (Lipinski definition) is 6. The molecule has 2 aromatic heterocycles. The Kier molecular flexibility index (Phi) is 7.93. The van der Waals surface area contributed by atoms with Gasteiger partial charge in [-0.25, -0.2) is 8.42 Å². The molecule has 3 aromatic rings. The monoisotopic (exact) mass is 551 g/mol. The normalized spacial score (nSPS) is 20.4. The van der Waals surface area contributed by atoms with Crippen LogP contribution in [0.5, 0.6) is 0 Å². The average Bonchev–Trinajstić information content (AvgIpc) is 3.72. The number of aromatic nitrogens is 2. The summed E-state index contributed by atoms with van der Waals surface area (Å²) in [7, 11) is -3.18. The molecular weight excluding hydrogens is 514 g/mol. The Balaban J connectivity index is 1.22. The third-order valence-electron chi connectivity index (χ3n) is 8.18. The van der Waals surface area contributed by atoms with Crippen LogP contribution in [-0.2, 0) is 21.1 Å². The van der Waals surface area contributed by atoms with Gasteiger partial charge in [-0.1, -0.05) is 18.2 Å². The summed E-state index contributed by atoms with van der Waals surface area (Å²) in [6.07, 6.45) is 6.73. The van der Waals surface area contributed by atoms with Crippen molar-refractivity contribution in [1.82, 2.24) is 14.9 Å². The van der Waals surface area contributed by atoms with Gasteiger partial charge in [0.05, 0.1) is 21.5 Å². The number of ether oxygens (including phenoxy) is 1. The number of H-pyrrole nitrogens is 1. The van der Waals surface area contributed by atoms with Gasteiger partial charge in [0.2, 0.25) is 0 Å². The van der Waals surface area contributed by atoms with Crippen LogP contribution in [0.2, 0.25) is 0 Å². The minimum Gasteiger partial charge on any atom is -0.381 e. The van der Waals surface area contributed by atoms with Gasteiger partial charge >= 0.3 is 0 Å². The van der Waals surface area contributed by atoms with Gasteiger partial charge in [0.25, 0.3) is 0 Å². The van der Waals surface area contributed by atoms with Gasteiger partial charge < -0.3 is 9.72 Å². The summed E-state index contributed by atoms with van der Waals surface area (Å²) < 4.78 is 31.1. The van der Waals surface area contributed by atoms with E-state index in [1.807, 2.05) is 42.2 Å². The highest BCUT2D eigenvalue weighted by Gasteiger charge is 2.37. The zero-order valence-corrected chi connectivity index (χ0v) is 23.5. The number of thioether (sulfide) groups is 1. The number of rotatable bonds is 9. The van der Waals surface area contributed by atoms with Crippen molar-refractivity contribution in [1.29, 1.82) is 0 Å². The Labute approximate surface area is 230 Å². The molecule has 38 heavy (non-hydrogen) atoms. The number of nitrogens with zero attached hydrogens (tertiary/aromatic N) is 2. The maximum Gasteiger partial charge on any atom is 0.181 e. The molecule has 0 spiro atoms. The maximum atomic E-state index is 12.7. The fraction of sp³-hybridized carbons (Fsp3) is 0.500. The maximum absolute atomic E-state index is 12.7. The summed E-state index contributed by atoms with van der Waals surface area (Å²) in [5.74, 6) is 3.18. The van der Waals surface area contributed by atoms with Crippen LogP contribution < -0.4 is 0 Å². The van der Waals surface area contributed by atoms with Gasteiger partial charge in [0.1, 0.15) is 0 Å². The van der Waals surface area contributed by atoms with Crippen molar-refractivity contribution in [2.45, 2.75) is 54.7 Å². The predicted molar refractivity (Wildman–Crippen MR) is 153 cm³/mol. The summed E-state index contributed by atoms with van der Waals surface area (Å²) in [5.41, 5.74) is 5.53. The molecule has 1 unspecified atom stereocenters. The van der Waals surface area contributed by atoms with Crippen LogP contribution in [0.25, 0.3) is 11.4 Å². The summed E-state index contributed by atoms with van der Waals surface area (Å²) in [5, 5.41) is -0.185. The lowest BCUT2D eigenvalue weighted by Gasteiger charge is -2.27. The molecule has 6 rings (SSSR count). The summed E-state index contributed by atoms with van der Waals surface area (Å²) in [6, 6.07) is 16.3. The smallest absolute Gasteiger partial charge is 0.181 e. The first kappa shape index (κ1) is 26.1. The SMILES string of the molecule is O=S(=O)(c1ccc(C(CC2CCOCC2)c2ccc(-c3ccc(CN4CCSCC4)cn3)[nH]2)cc1)C1CC1.